The van der Waals surface area contributed by atoms with Gasteiger partial charge in [-0.05, 0) is 23.6 Å². The molecule has 4 rings (SSSR count). The Bertz CT molecular complexity index is 1260. The minimum atomic E-state index is -0.506. The van der Waals surface area contributed by atoms with Crippen molar-refractivity contribution in [3.8, 4) is 5.75 Å². The second kappa shape index (κ2) is 6.76. The molecule has 27 heavy (non-hydrogen) atoms. The van der Waals surface area contributed by atoms with Gasteiger partial charge in [-0.1, -0.05) is 12.1 Å². The molecule has 0 aliphatic rings. The fourth-order valence-electron chi connectivity index (χ4n) is 2.85. The Hall–Kier alpha value is -3.33. The van der Waals surface area contributed by atoms with E-state index in [1.165, 1.54) is 18.4 Å². The van der Waals surface area contributed by atoms with Crippen LogP contribution in [0.1, 0.15) is 10.6 Å². The Kier molecular flexibility index (Phi) is 4.28. The zero-order valence-corrected chi connectivity index (χ0v) is 15.1. The first-order valence-corrected chi connectivity index (χ1v) is 9.01. The Morgan fingerprint density at radius 3 is 3.00 bits per heavy atom. The van der Waals surface area contributed by atoms with Crippen molar-refractivity contribution < 1.29 is 13.9 Å². The first-order chi connectivity index (χ1) is 13.1. The van der Waals surface area contributed by atoms with Gasteiger partial charge < -0.3 is 19.5 Å². The Morgan fingerprint density at radius 2 is 2.19 bits per heavy atom. The molecule has 0 saturated carbocycles. The van der Waals surface area contributed by atoms with Gasteiger partial charge in [0, 0.05) is 18.5 Å². The summed E-state index contributed by atoms with van der Waals surface area (Å²) in [5.74, 6) is 0.230. The standard InChI is InChI=1S/C18H15N3O5S/c1-25-12-4-2-3-10-9-13(26-14(10)12)16(22)19-6-7-21-17(23)15-11(5-8-27-15)20-18(21)24/h2-5,8-9H,6-7H2,1H3,(H,19,22)(H,20,24). The molecule has 0 fully saturated rings. The number of nitrogens with one attached hydrogen (secondary N) is 2. The quantitative estimate of drug-likeness (QED) is 0.546. The topological polar surface area (TPSA) is 106 Å². The highest BCUT2D eigenvalue weighted by Gasteiger charge is 2.15. The molecule has 0 saturated heterocycles. The second-order valence-electron chi connectivity index (χ2n) is 5.80. The van der Waals surface area contributed by atoms with Gasteiger partial charge in [0.2, 0.25) is 0 Å². The number of para-hydroxylation sites is 1. The van der Waals surface area contributed by atoms with Gasteiger partial charge in [-0.15, -0.1) is 11.3 Å². The lowest BCUT2D eigenvalue weighted by Gasteiger charge is -2.06. The van der Waals surface area contributed by atoms with E-state index in [4.69, 9.17) is 9.15 Å². The van der Waals surface area contributed by atoms with Gasteiger partial charge >= 0.3 is 5.69 Å². The number of hydrogen-bond acceptors (Lipinski definition) is 6. The average Bonchev–Trinajstić information content (AvgIpc) is 3.30. The summed E-state index contributed by atoms with van der Waals surface area (Å²) in [5, 5.41) is 5.15. The molecule has 2 N–H and O–H groups in total. The number of furan rings is 1. The van der Waals surface area contributed by atoms with E-state index in [1.807, 2.05) is 6.07 Å². The number of methoxy groups -OCH3 is 1. The summed E-state index contributed by atoms with van der Waals surface area (Å²) < 4.78 is 12.3. The Morgan fingerprint density at radius 1 is 1.33 bits per heavy atom. The van der Waals surface area contributed by atoms with Gasteiger partial charge in [-0.25, -0.2) is 4.79 Å². The normalized spacial score (nSPS) is 11.1. The number of carbonyl (C=O) groups is 1. The summed E-state index contributed by atoms with van der Waals surface area (Å²) >= 11 is 1.26. The van der Waals surface area contributed by atoms with Crippen LogP contribution in [0.3, 0.4) is 0 Å². The number of ether oxygens (including phenoxy) is 1. The van der Waals surface area contributed by atoms with Crippen LogP contribution in [0, 0.1) is 0 Å². The summed E-state index contributed by atoms with van der Waals surface area (Å²) in [7, 11) is 1.52. The van der Waals surface area contributed by atoms with Gasteiger partial charge in [0.1, 0.15) is 4.70 Å². The van der Waals surface area contributed by atoms with Crippen molar-refractivity contribution in [3.63, 3.8) is 0 Å². The summed E-state index contributed by atoms with van der Waals surface area (Å²) in [6, 6.07) is 8.66. The third kappa shape index (κ3) is 3.02. The second-order valence-corrected chi connectivity index (χ2v) is 6.71. The smallest absolute Gasteiger partial charge is 0.328 e. The number of fused-ring (bicyclic) bond motifs is 2. The summed E-state index contributed by atoms with van der Waals surface area (Å²) in [5.41, 5.74) is 0.132. The molecule has 9 heteroatoms. The number of carbonyl (C=O) groups excluding carboxylic acids is 1. The maximum Gasteiger partial charge on any atom is 0.328 e. The number of rotatable bonds is 5. The first-order valence-electron chi connectivity index (χ1n) is 8.13. The third-order valence-electron chi connectivity index (χ3n) is 4.16. The fourth-order valence-corrected chi connectivity index (χ4v) is 3.65. The van der Waals surface area contributed by atoms with E-state index in [2.05, 4.69) is 10.3 Å². The van der Waals surface area contributed by atoms with Crippen LogP contribution in [0.2, 0.25) is 0 Å². The number of benzene rings is 1. The summed E-state index contributed by atoms with van der Waals surface area (Å²) in [4.78, 5) is 39.4. The summed E-state index contributed by atoms with van der Waals surface area (Å²) in [6.07, 6.45) is 0. The average molecular weight is 385 g/mol. The number of nitrogens with zero attached hydrogens (tertiary/aromatic N) is 1. The van der Waals surface area contributed by atoms with Crippen molar-refractivity contribution in [3.05, 3.63) is 62.3 Å². The SMILES string of the molecule is COc1cccc2cc(C(=O)NCCn3c(=O)[nH]c4ccsc4c3=O)oc12. The minimum absolute atomic E-state index is 0.0529. The van der Waals surface area contributed by atoms with Gasteiger partial charge in [0.15, 0.2) is 17.1 Å². The van der Waals surface area contributed by atoms with E-state index >= 15 is 0 Å². The molecule has 8 nitrogen and oxygen atoms in total. The number of hydrogen-bond donors (Lipinski definition) is 2. The highest BCUT2D eigenvalue weighted by atomic mass is 32.1. The maximum absolute atomic E-state index is 12.4. The molecule has 0 bridgehead atoms. The van der Waals surface area contributed by atoms with Crippen LogP contribution in [0.25, 0.3) is 21.2 Å². The minimum Gasteiger partial charge on any atom is -0.493 e. The fraction of sp³-hybridized carbons (Fsp3) is 0.167. The van der Waals surface area contributed by atoms with Crippen molar-refractivity contribution in [2.75, 3.05) is 13.7 Å². The van der Waals surface area contributed by atoms with Crippen LogP contribution in [0.4, 0.5) is 0 Å². The van der Waals surface area contributed by atoms with Crippen LogP contribution in [-0.4, -0.2) is 29.1 Å². The first kappa shape index (κ1) is 17.1. The number of amides is 1. The molecule has 0 aliphatic carbocycles. The van der Waals surface area contributed by atoms with Crippen LogP contribution in [-0.2, 0) is 6.54 Å². The molecule has 0 unspecified atom stereocenters. The van der Waals surface area contributed by atoms with Crippen molar-refractivity contribution >= 4 is 38.4 Å². The zero-order chi connectivity index (χ0) is 19.0. The van der Waals surface area contributed by atoms with E-state index in [-0.39, 0.29) is 24.4 Å². The number of H-pyrrole nitrogens is 1. The Balaban J connectivity index is 1.50. The lowest BCUT2D eigenvalue weighted by Crippen LogP contribution is -2.38. The molecule has 3 heterocycles. The molecule has 138 valence electrons. The molecular formula is C18H15N3O5S. The van der Waals surface area contributed by atoms with Gasteiger partial charge in [-0.2, -0.15) is 0 Å². The largest absolute Gasteiger partial charge is 0.493 e. The molecule has 0 atom stereocenters. The molecule has 1 amide bonds. The van der Waals surface area contributed by atoms with E-state index < -0.39 is 11.6 Å². The predicted octanol–water partition coefficient (Wildman–Crippen LogP) is 1.94. The van der Waals surface area contributed by atoms with E-state index in [9.17, 15) is 14.4 Å². The van der Waals surface area contributed by atoms with Gasteiger partial charge in [-0.3, -0.25) is 14.2 Å². The van der Waals surface area contributed by atoms with Crippen LogP contribution >= 0.6 is 11.3 Å². The molecular weight excluding hydrogens is 370 g/mol. The third-order valence-corrected chi connectivity index (χ3v) is 5.07. The lowest BCUT2D eigenvalue weighted by molar-refractivity contribution is 0.0926. The molecule has 1 aromatic carbocycles. The predicted molar refractivity (Wildman–Crippen MR) is 102 cm³/mol. The molecule has 0 radical (unpaired) electrons. The highest BCUT2D eigenvalue weighted by Crippen LogP contribution is 2.28. The lowest BCUT2D eigenvalue weighted by atomic mass is 10.2. The van der Waals surface area contributed by atoms with Crippen LogP contribution < -0.4 is 21.3 Å². The number of aromatic amines is 1. The number of thiophene rings is 1. The van der Waals surface area contributed by atoms with Gasteiger partial charge in [0.05, 0.1) is 12.6 Å². The molecule has 0 spiro atoms. The van der Waals surface area contributed by atoms with Crippen LogP contribution in [0.5, 0.6) is 5.75 Å². The molecule has 4 aromatic rings. The van der Waals surface area contributed by atoms with E-state index in [0.29, 0.717) is 21.5 Å². The monoisotopic (exact) mass is 385 g/mol. The van der Waals surface area contributed by atoms with Crippen LogP contribution in [0.15, 0.2) is 49.7 Å². The van der Waals surface area contributed by atoms with Crippen molar-refractivity contribution in [1.29, 1.82) is 0 Å². The number of aromatic nitrogens is 2. The zero-order valence-electron chi connectivity index (χ0n) is 14.3. The van der Waals surface area contributed by atoms with Crippen molar-refractivity contribution in [2.45, 2.75) is 6.54 Å². The molecule has 0 aliphatic heterocycles. The van der Waals surface area contributed by atoms with Crippen molar-refractivity contribution in [1.82, 2.24) is 14.9 Å². The van der Waals surface area contributed by atoms with E-state index in [0.717, 1.165) is 9.95 Å². The van der Waals surface area contributed by atoms with Gasteiger partial charge in [0.25, 0.3) is 11.5 Å². The van der Waals surface area contributed by atoms with Crippen molar-refractivity contribution in [2.24, 2.45) is 0 Å². The Labute approximate surface area is 156 Å². The summed E-state index contributed by atoms with van der Waals surface area (Å²) in [6.45, 7) is 0.157. The van der Waals surface area contributed by atoms with E-state index in [1.54, 1.807) is 29.6 Å². The molecule has 3 aromatic heterocycles. The maximum atomic E-state index is 12.4. The highest BCUT2D eigenvalue weighted by molar-refractivity contribution is 7.17.